The Morgan fingerprint density at radius 2 is 2.50 bits per heavy atom. The second kappa shape index (κ2) is 6.33. The number of hydrogen-bond acceptors (Lipinski definition) is 4. The van der Waals surface area contributed by atoms with Crippen LogP contribution in [0.3, 0.4) is 0 Å². The number of rotatable bonds is 6. The molecule has 2 N–H and O–H groups in total. The summed E-state index contributed by atoms with van der Waals surface area (Å²) in [7, 11) is 0. The molecule has 0 amide bonds. The van der Waals surface area contributed by atoms with Crippen molar-refractivity contribution in [2.75, 3.05) is 26.2 Å². The molecule has 0 aliphatic carbocycles. The Morgan fingerprint density at radius 3 is 3.19 bits per heavy atom. The van der Waals surface area contributed by atoms with E-state index in [4.69, 9.17) is 0 Å². The number of nitrogens with one attached hydrogen (secondary N) is 2. The van der Waals surface area contributed by atoms with Gasteiger partial charge in [-0.1, -0.05) is 0 Å². The molecule has 0 saturated carbocycles. The highest BCUT2D eigenvalue weighted by Crippen LogP contribution is 2.11. The third-order valence-corrected chi connectivity index (χ3v) is 3.94. The van der Waals surface area contributed by atoms with Crippen molar-refractivity contribution in [2.24, 2.45) is 5.92 Å². The first-order chi connectivity index (χ1) is 7.84. The van der Waals surface area contributed by atoms with Gasteiger partial charge in [-0.25, -0.2) is 4.98 Å². The Kier molecular flexibility index (Phi) is 4.75. The molecule has 2 rings (SSSR count). The molecule has 1 aliphatic rings. The fraction of sp³-hybridized carbons (Fsp3) is 0.750. The lowest BCUT2D eigenvalue weighted by atomic mass is 10.1. The molecule has 0 aromatic carbocycles. The zero-order chi connectivity index (χ0) is 11.2. The number of aromatic nitrogens is 1. The standard InChI is InChI=1S/C12H21N3S/c1-10-15-12(9-16-10)4-7-13-5-2-11-3-6-14-8-11/h9,11,13-14H,2-8H2,1H3. The predicted molar refractivity (Wildman–Crippen MR) is 69.0 cm³/mol. The fourth-order valence-corrected chi connectivity index (χ4v) is 2.78. The van der Waals surface area contributed by atoms with Crippen molar-refractivity contribution in [2.45, 2.75) is 26.2 Å². The minimum atomic E-state index is 0.897. The molecule has 0 bridgehead atoms. The van der Waals surface area contributed by atoms with Gasteiger partial charge in [-0.2, -0.15) is 0 Å². The maximum Gasteiger partial charge on any atom is 0.0897 e. The van der Waals surface area contributed by atoms with E-state index < -0.39 is 0 Å². The number of nitrogens with zero attached hydrogens (tertiary/aromatic N) is 1. The summed E-state index contributed by atoms with van der Waals surface area (Å²) in [6, 6.07) is 0. The van der Waals surface area contributed by atoms with Crippen molar-refractivity contribution < 1.29 is 0 Å². The summed E-state index contributed by atoms with van der Waals surface area (Å²) in [6.07, 6.45) is 3.73. The quantitative estimate of drug-likeness (QED) is 0.740. The van der Waals surface area contributed by atoms with Crippen LogP contribution in [-0.4, -0.2) is 31.2 Å². The van der Waals surface area contributed by atoms with Crippen LogP contribution in [0, 0.1) is 12.8 Å². The number of hydrogen-bond donors (Lipinski definition) is 2. The summed E-state index contributed by atoms with van der Waals surface area (Å²) >= 11 is 1.74. The van der Waals surface area contributed by atoms with Crippen molar-refractivity contribution in [3.8, 4) is 0 Å². The molecule has 1 aliphatic heterocycles. The van der Waals surface area contributed by atoms with Crippen molar-refractivity contribution in [3.05, 3.63) is 16.1 Å². The van der Waals surface area contributed by atoms with Gasteiger partial charge in [0, 0.05) is 18.3 Å². The van der Waals surface area contributed by atoms with Crippen molar-refractivity contribution in [1.29, 1.82) is 0 Å². The predicted octanol–water partition coefficient (Wildman–Crippen LogP) is 1.58. The Balaban J connectivity index is 1.51. The van der Waals surface area contributed by atoms with E-state index >= 15 is 0 Å². The van der Waals surface area contributed by atoms with E-state index in [0.29, 0.717) is 0 Å². The second-order valence-corrected chi connectivity index (χ2v) is 5.57. The van der Waals surface area contributed by atoms with Gasteiger partial charge in [0.05, 0.1) is 10.7 Å². The van der Waals surface area contributed by atoms with Crippen LogP contribution in [0.25, 0.3) is 0 Å². The van der Waals surface area contributed by atoms with Crippen molar-refractivity contribution in [3.63, 3.8) is 0 Å². The molecule has 0 radical (unpaired) electrons. The van der Waals surface area contributed by atoms with Crippen LogP contribution < -0.4 is 10.6 Å². The van der Waals surface area contributed by atoms with Crippen molar-refractivity contribution in [1.82, 2.24) is 15.6 Å². The summed E-state index contributed by atoms with van der Waals surface area (Å²) in [5.74, 6) is 0.897. The highest BCUT2D eigenvalue weighted by Gasteiger charge is 2.12. The molecule has 4 heteroatoms. The molecule has 1 atom stereocenters. The minimum absolute atomic E-state index is 0.897. The summed E-state index contributed by atoms with van der Waals surface area (Å²) in [5, 5.41) is 10.3. The van der Waals surface area contributed by atoms with Gasteiger partial charge in [0.2, 0.25) is 0 Å². The van der Waals surface area contributed by atoms with Crippen LogP contribution in [0.4, 0.5) is 0 Å². The van der Waals surface area contributed by atoms with Gasteiger partial charge >= 0.3 is 0 Å². The molecule has 0 spiro atoms. The van der Waals surface area contributed by atoms with Gasteiger partial charge in [0.1, 0.15) is 0 Å². The van der Waals surface area contributed by atoms with Crippen LogP contribution in [0.15, 0.2) is 5.38 Å². The molecule has 1 unspecified atom stereocenters. The highest BCUT2D eigenvalue weighted by atomic mass is 32.1. The van der Waals surface area contributed by atoms with Gasteiger partial charge in [-0.3, -0.25) is 0 Å². The normalized spacial score (nSPS) is 20.4. The van der Waals surface area contributed by atoms with E-state index in [1.807, 2.05) is 0 Å². The summed E-state index contributed by atoms with van der Waals surface area (Å²) in [6.45, 7) is 6.70. The van der Waals surface area contributed by atoms with Crippen LogP contribution in [-0.2, 0) is 6.42 Å². The molecule has 3 nitrogen and oxygen atoms in total. The second-order valence-electron chi connectivity index (χ2n) is 4.51. The first-order valence-corrected chi connectivity index (χ1v) is 7.05. The average molecular weight is 239 g/mol. The van der Waals surface area contributed by atoms with Crippen LogP contribution in [0.1, 0.15) is 23.5 Å². The van der Waals surface area contributed by atoms with Gasteiger partial charge in [0.25, 0.3) is 0 Å². The average Bonchev–Trinajstić information content (AvgIpc) is 2.89. The lowest BCUT2D eigenvalue weighted by Gasteiger charge is -2.08. The Bertz CT molecular complexity index is 305. The maximum atomic E-state index is 4.45. The van der Waals surface area contributed by atoms with E-state index in [9.17, 15) is 0 Å². The summed E-state index contributed by atoms with van der Waals surface area (Å²) in [5.41, 5.74) is 1.23. The van der Waals surface area contributed by atoms with E-state index in [1.165, 1.54) is 36.6 Å². The molecule has 1 aromatic rings. The fourth-order valence-electron chi connectivity index (χ4n) is 2.13. The zero-order valence-corrected chi connectivity index (χ0v) is 10.8. The van der Waals surface area contributed by atoms with Gasteiger partial charge in [-0.15, -0.1) is 11.3 Å². The number of aryl methyl sites for hydroxylation is 1. The van der Waals surface area contributed by atoms with Crippen molar-refractivity contribution >= 4 is 11.3 Å². The van der Waals surface area contributed by atoms with E-state index in [1.54, 1.807) is 11.3 Å². The number of thiazole rings is 1. The molecule has 1 aromatic heterocycles. The molecule has 2 heterocycles. The third-order valence-electron chi connectivity index (χ3n) is 3.12. The minimum Gasteiger partial charge on any atom is -0.316 e. The van der Waals surface area contributed by atoms with Gasteiger partial charge in [0.15, 0.2) is 0 Å². The first kappa shape index (κ1) is 12.0. The lowest BCUT2D eigenvalue weighted by molar-refractivity contribution is 0.501. The van der Waals surface area contributed by atoms with E-state index in [-0.39, 0.29) is 0 Å². The van der Waals surface area contributed by atoms with Crippen LogP contribution in [0.2, 0.25) is 0 Å². The smallest absolute Gasteiger partial charge is 0.0897 e. The molecular formula is C12H21N3S. The SMILES string of the molecule is Cc1nc(CCNCCC2CCNC2)cs1. The molecular weight excluding hydrogens is 218 g/mol. The first-order valence-electron chi connectivity index (χ1n) is 6.17. The molecule has 16 heavy (non-hydrogen) atoms. The largest absolute Gasteiger partial charge is 0.316 e. The van der Waals surface area contributed by atoms with Crippen LogP contribution in [0.5, 0.6) is 0 Å². The Hall–Kier alpha value is -0.450. The van der Waals surface area contributed by atoms with E-state index in [2.05, 4.69) is 27.9 Å². The third kappa shape index (κ3) is 3.85. The summed E-state index contributed by atoms with van der Waals surface area (Å²) in [4.78, 5) is 4.45. The highest BCUT2D eigenvalue weighted by molar-refractivity contribution is 7.09. The summed E-state index contributed by atoms with van der Waals surface area (Å²) < 4.78 is 0. The molecule has 90 valence electrons. The van der Waals surface area contributed by atoms with Gasteiger partial charge < -0.3 is 10.6 Å². The topological polar surface area (TPSA) is 37.0 Å². The van der Waals surface area contributed by atoms with Gasteiger partial charge in [-0.05, 0) is 45.3 Å². The molecule has 1 saturated heterocycles. The Labute approximate surface area is 102 Å². The zero-order valence-electron chi connectivity index (χ0n) is 9.96. The van der Waals surface area contributed by atoms with E-state index in [0.717, 1.165) is 25.4 Å². The monoisotopic (exact) mass is 239 g/mol. The Morgan fingerprint density at radius 1 is 1.56 bits per heavy atom. The maximum absolute atomic E-state index is 4.45. The lowest BCUT2D eigenvalue weighted by Crippen LogP contribution is -2.21. The molecule has 1 fully saturated rings. The van der Waals surface area contributed by atoms with Crippen LogP contribution >= 0.6 is 11.3 Å².